The average Bonchev–Trinajstić information content (AvgIpc) is 2.90. The Labute approximate surface area is 126 Å². The minimum absolute atomic E-state index is 0.0178. The molecule has 2 aromatic rings. The number of benzene rings is 1. The maximum Gasteiger partial charge on any atom is 0.255 e. The van der Waals surface area contributed by atoms with Gasteiger partial charge in [-0.25, -0.2) is 0 Å². The summed E-state index contributed by atoms with van der Waals surface area (Å²) in [6.07, 6.45) is 0. The largest absolute Gasteiger partial charge is 0.326 e. The summed E-state index contributed by atoms with van der Waals surface area (Å²) < 4.78 is 0. The smallest absolute Gasteiger partial charge is 0.255 e. The Hall–Kier alpha value is -2.18. The Morgan fingerprint density at radius 3 is 2.38 bits per heavy atom. The number of hydrogen-bond donors (Lipinski definition) is 3. The third-order valence-electron chi connectivity index (χ3n) is 3.35. The average molecular weight is 301 g/mol. The Morgan fingerprint density at radius 1 is 1.05 bits per heavy atom. The maximum absolute atomic E-state index is 12.0. The van der Waals surface area contributed by atoms with Gasteiger partial charge in [0, 0.05) is 29.7 Å². The topological polar surface area (TPSA) is 70.2 Å². The van der Waals surface area contributed by atoms with Crippen molar-refractivity contribution in [3.63, 3.8) is 0 Å². The van der Waals surface area contributed by atoms with Crippen molar-refractivity contribution in [1.29, 1.82) is 0 Å². The minimum Gasteiger partial charge on any atom is -0.326 e. The molecule has 5 nitrogen and oxygen atoms in total. The molecule has 1 aromatic heterocycles. The van der Waals surface area contributed by atoms with Crippen LogP contribution in [0.1, 0.15) is 10.4 Å². The van der Waals surface area contributed by atoms with Gasteiger partial charge in [-0.1, -0.05) is 0 Å². The van der Waals surface area contributed by atoms with Gasteiger partial charge in [-0.05, 0) is 35.7 Å². The summed E-state index contributed by atoms with van der Waals surface area (Å²) in [5.74, 6) is -0.0924. The number of hydrogen-bond acceptors (Lipinski definition) is 4. The summed E-state index contributed by atoms with van der Waals surface area (Å²) >= 11 is 1.53. The van der Waals surface area contributed by atoms with Gasteiger partial charge >= 0.3 is 0 Å². The van der Waals surface area contributed by atoms with E-state index in [1.54, 1.807) is 24.3 Å². The van der Waals surface area contributed by atoms with E-state index in [-0.39, 0.29) is 17.7 Å². The van der Waals surface area contributed by atoms with Gasteiger partial charge in [0.25, 0.3) is 5.91 Å². The molecule has 1 saturated heterocycles. The van der Waals surface area contributed by atoms with Gasteiger partial charge in [-0.3, -0.25) is 9.59 Å². The zero-order valence-electron chi connectivity index (χ0n) is 11.3. The van der Waals surface area contributed by atoms with Crippen LogP contribution in [-0.2, 0) is 4.79 Å². The first-order chi connectivity index (χ1) is 10.2. The van der Waals surface area contributed by atoms with Gasteiger partial charge in [-0.2, -0.15) is 11.3 Å². The predicted molar refractivity (Wildman–Crippen MR) is 83.7 cm³/mol. The van der Waals surface area contributed by atoms with E-state index in [1.165, 1.54) is 11.3 Å². The number of carbonyl (C=O) groups excluding carboxylic acids is 2. The molecule has 2 amide bonds. The van der Waals surface area contributed by atoms with Crippen molar-refractivity contribution in [1.82, 2.24) is 5.32 Å². The van der Waals surface area contributed by atoms with Gasteiger partial charge in [0.1, 0.15) is 0 Å². The Kier molecular flexibility index (Phi) is 3.98. The number of nitrogens with one attached hydrogen (secondary N) is 3. The van der Waals surface area contributed by atoms with E-state index in [0.29, 0.717) is 11.3 Å². The van der Waals surface area contributed by atoms with Crippen LogP contribution in [0.15, 0.2) is 41.1 Å². The lowest BCUT2D eigenvalue weighted by Gasteiger charge is -2.25. The molecule has 3 N–H and O–H groups in total. The third-order valence-corrected chi connectivity index (χ3v) is 4.03. The number of thiophene rings is 1. The van der Waals surface area contributed by atoms with Gasteiger partial charge < -0.3 is 16.0 Å². The van der Waals surface area contributed by atoms with Crippen molar-refractivity contribution < 1.29 is 9.59 Å². The number of carbonyl (C=O) groups is 2. The fourth-order valence-electron chi connectivity index (χ4n) is 1.96. The van der Waals surface area contributed by atoms with Crippen molar-refractivity contribution in [3.05, 3.63) is 46.7 Å². The van der Waals surface area contributed by atoms with Crippen LogP contribution in [0.3, 0.4) is 0 Å². The zero-order chi connectivity index (χ0) is 14.7. The molecule has 0 spiro atoms. The van der Waals surface area contributed by atoms with Crippen LogP contribution >= 0.6 is 11.3 Å². The van der Waals surface area contributed by atoms with Crippen LogP contribution in [0.25, 0.3) is 0 Å². The molecule has 3 rings (SSSR count). The van der Waals surface area contributed by atoms with E-state index < -0.39 is 0 Å². The fourth-order valence-corrected chi connectivity index (χ4v) is 2.55. The molecule has 0 saturated carbocycles. The monoisotopic (exact) mass is 301 g/mol. The molecule has 0 unspecified atom stereocenters. The highest BCUT2D eigenvalue weighted by atomic mass is 32.1. The van der Waals surface area contributed by atoms with Gasteiger partial charge in [0.15, 0.2) is 0 Å². The first-order valence-electron chi connectivity index (χ1n) is 6.67. The van der Waals surface area contributed by atoms with Crippen LogP contribution in [0.5, 0.6) is 0 Å². The highest BCUT2D eigenvalue weighted by molar-refractivity contribution is 7.08. The summed E-state index contributed by atoms with van der Waals surface area (Å²) in [6, 6.07) is 8.75. The summed E-state index contributed by atoms with van der Waals surface area (Å²) in [6.45, 7) is 1.46. The summed E-state index contributed by atoms with van der Waals surface area (Å²) in [5.41, 5.74) is 2.06. The highest BCUT2D eigenvalue weighted by Crippen LogP contribution is 2.16. The zero-order valence-corrected chi connectivity index (χ0v) is 12.1. The van der Waals surface area contributed by atoms with Crippen LogP contribution in [0, 0.1) is 5.92 Å². The van der Waals surface area contributed by atoms with E-state index >= 15 is 0 Å². The van der Waals surface area contributed by atoms with Crippen LogP contribution in [-0.4, -0.2) is 24.9 Å². The number of rotatable bonds is 4. The van der Waals surface area contributed by atoms with Crippen LogP contribution in [0.2, 0.25) is 0 Å². The lowest BCUT2D eigenvalue weighted by Crippen LogP contribution is -2.48. The lowest BCUT2D eigenvalue weighted by atomic mass is 10.0. The summed E-state index contributed by atoms with van der Waals surface area (Å²) in [7, 11) is 0. The molecule has 21 heavy (non-hydrogen) atoms. The Bertz CT molecular complexity index is 633. The quantitative estimate of drug-likeness (QED) is 0.810. The van der Waals surface area contributed by atoms with Crippen LogP contribution in [0.4, 0.5) is 11.4 Å². The van der Waals surface area contributed by atoms with Crippen molar-refractivity contribution in [2.45, 2.75) is 0 Å². The normalized spacial score (nSPS) is 14.3. The Balaban J connectivity index is 1.60. The van der Waals surface area contributed by atoms with Gasteiger partial charge in [0.2, 0.25) is 5.91 Å². The number of amides is 2. The molecule has 0 bridgehead atoms. The molecule has 108 valence electrons. The van der Waals surface area contributed by atoms with Crippen molar-refractivity contribution >= 4 is 34.5 Å². The molecule has 1 aliphatic rings. The lowest BCUT2D eigenvalue weighted by molar-refractivity contribution is -0.121. The predicted octanol–water partition coefficient (Wildman–Crippen LogP) is 2.16. The second-order valence-electron chi connectivity index (χ2n) is 4.89. The maximum atomic E-state index is 12.0. The number of anilines is 2. The van der Waals surface area contributed by atoms with Crippen molar-refractivity contribution in [2.75, 3.05) is 23.7 Å². The Morgan fingerprint density at radius 2 is 1.81 bits per heavy atom. The van der Waals surface area contributed by atoms with Gasteiger partial charge in [-0.15, -0.1) is 0 Å². The standard InChI is InChI=1S/C15H15N3O2S/c19-14(18-13-5-6-21-9-13)10-1-3-12(4-2-10)17-15(20)11-7-16-8-11/h1-6,9,11,16H,7-8H2,(H,17,20)(H,18,19). The molecule has 0 atom stereocenters. The summed E-state index contributed by atoms with van der Waals surface area (Å²) in [5, 5.41) is 12.5. The van der Waals surface area contributed by atoms with Crippen LogP contribution < -0.4 is 16.0 Å². The molecule has 1 aromatic carbocycles. The van der Waals surface area contributed by atoms with E-state index in [1.807, 2.05) is 16.8 Å². The van der Waals surface area contributed by atoms with E-state index in [4.69, 9.17) is 0 Å². The molecule has 2 heterocycles. The minimum atomic E-state index is -0.158. The van der Waals surface area contributed by atoms with E-state index in [2.05, 4.69) is 16.0 Å². The van der Waals surface area contributed by atoms with Crippen molar-refractivity contribution in [3.8, 4) is 0 Å². The third kappa shape index (κ3) is 3.29. The molecule has 0 aliphatic carbocycles. The first kappa shape index (κ1) is 13.8. The SMILES string of the molecule is O=C(Nc1ccsc1)c1ccc(NC(=O)C2CNC2)cc1. The van der Waals surface area contributed by atoms with E-state index in [0.717, 1.165) is 18.8 Å². The fraction of sp³-hybridized carbons (Fsp3) is 0.200. The highest BCUT2D eigenvalue weighted by Gasteiger charge is 2.24. The molecule has 1 aliphatic heterocycles. The molecule has 0 radical (unpaired) electrons. The molecular weight excluding hydrogens is 286 g/mol. The second-order valence-corrected chi connectivity index (χ2v) is 5.67. The summed E-state index contributed by atoms with van der Waals surface area (Å²) in [4.78, 5) is 23.8. The molecule has 6 heteroatoms. The molecule has 1 fully saturated rings. The molecular formula is C15H15N3O2S. The second kappa shape index (κ2) is 6.07. The van der Waals surface area contributed by atoms with E-state index in [9.17, 15) is 9.59 Å². The van der Waals surface area contributed by atoms with Crippen molar-refractivity contribution in [2.24, 2.45) is 5.92 Å². The van der Waals surface area contributed by atoms with Gasteiger partial charge in [0.05, 0.1) is 11.6 Å². The first-order valence-corrected chi connectivity index (χ1v) is 7.62.